The maximum atomic E-state index is 13.2. The molecule has 2 aromatic rings. The van der Waals surface area contributed by atoms with E-state index in [9.17, 15) is 36.2 Å². The molecule has 158 valence electrons. The standard InChI is InChI=1S/C18H14F6O5/c1-3-10-11(17(19,20)21)5-7-13(15(10)16(25)26)28-12-6-4-9(8-14(12)27-2)29-18(22,23)24/h4-8H,3H2,1-2H3,(H,25,26). The molecule has 0 fully saturated rings. The maximum Gasteiger partial charge on any atom is 0.573 e. The lowest BCUT2D eigenvalue weighted by atomic mass is 9.97. The van der Waals surface area contributed by atoms with Crippen LogP contribution in [0.15, 0.2) is 30.3 Å². The number of halogens is 6. The van der Waals surface area contributed by atoms with Gasteiger partial charge in [-0.25, -0.2) is 4.79 Å². The van der Waals surface area contributed by atoms with Crippen molar-refractivity contribution in [3.8, 4) is 23.0 Å². The highest BCUT2D eigenvalue weighted by Crippen LogP contribution is 2.41. The van der Waals surface area contributed by atoms with Crippen LogP contribution in [0.3, 0.4) is 0 Å². The van der Waals surface area contributed by atoms with Gasteiger partial charge in [0, 0.05) is 6.07 Å². The number of ether oxygens (including phenoxy) is 3. The van der Waals surface area contributed by atoms with E-state index in [1.165, 1.54) is 6.92 Å². The average molecular weight is 424 g/mol. The van der Waals surface area contributed by atoms with Crippen LogP contribution in [0.5, 0.6) is 23.0 Å². The molecule has 2 rings (SSSR count). The van der Waals surface area contributed by atoms with Gasteiger partial charge in [0.05, 0.1) is 12.7 Å². The Morgan fingerprint density at radius 2 is 1.62 bits per heavy atom. The summed E-state index contributed by atoms with van der Waals surface area (Å²) in [6.45, 7) is 1.35. The number of carbonyl (C=O) groups is 1. The number of hydrogen-bond donors (Lipinski definition) is 1. The van der Waals surface area contributed by atoms with Crippen LogP contribution in [0.25, 0.3) is 0 Å². The van der Waals surface area contributed by atoms with Crippen molar-refractivity contribution in [2.75, 3.05) is 7.11 Å². The lowest BCUT2D eigenvalue weighted by Crippen LogP contribution is -2.17. The highest BCUT2D eigenvalue weighted by Gasteiger charge is 2.36. The Morgan fingerprint density at radius 3 is 2.10 bits per heavy atom. The molecule has 0 aromatic heterocycles. The Balaban J connectivity index is 2.53. The molecule has 0 aliphatic carbocycles. The summed E-state index contributed by atoms with van der Waals surface area (Å²) in [6.07, 6.45) is -9.97. The third-order valence-corrected chi connectivity index (χ3v) is 3.74. The summed E-state index contributed by atoms with van der Waals surface area (Å²) in [6, 6.07) is 4.23. The minimum Gasteiger partial charge on any atom is -0.493 e. The fourth-order valence-corrected chi connectivity index (χ4v) is 2.63. The Hall–Kier alpha value is -3.11. The van der Waals surface area contributed by atoms with E-state index in [1.807, 2.05) is 0 Å². The maximum absolute atomic E-state index is 13.2. The number of hydrogen-bond acceptors (Lipinski definition) is 4. The number of alkyl halides is 6. The number of aromatic carboxylic acids is 1. The van der Waals surface area contributed by atoms with E-state index in [4.69, 9.17) is 9.47 Å². The van der Waals surface area contributed by atoms with Gasteiger partial charge >= 0.3 is 18.5 Å². The second-order valence-corrected chi connectivity index (χ2v) is 5.58. The van der Waals surface area contributed by atoms with Crippen LogP contribution in [-0.4, -0.2) is 24.5 Å². The Kier molecular flexibility index (Phi) is 6.19. The molecule has 0 aliphatic heterocycles. The van der Waals surface area contributed by atoms with Crippen LogP contribution in [0, 0.1) is 0 Å². The molecule has 2 aromatic carbocycles. The summed E-state index contributed by atoms with van der Waals surface area (Å²) < 4.78 is 90.6. The number of carboxylic acids is 1. The number of rotatable bonds is 6. The zero-order valence-corrected chi connectivity index (χ0v) is 14.9. The highest BCUT2D eigenvalue weighted by atomic mass is 19.4. The molecular weight excluding hydrogens is 410 g/mol. The summed E-state index contributed by atoms with van der Waals surface area (Å²) in [5.74, 6) is -3.17. The second-order valence-electron chi connectivity index (χ2n) is 5.58. The average Bonchev–Trinajstić information content (AvgIpc) is 2.59. The van der Waals surface area contributed by atoms with Gasteiger partial charge in [-0.15, -0.1) is 13.2 Å². The number of methoxy groups -OCH3 is 1. The topological polar surface area (TPSA) is 65.0 Å². The van der Waals surface area contributed by atoms with Gasteiger partial charge in [-0.05, 0) is 36.2 Å². The minimum absolute atomic E-state index is 0.216. The summed E-state index contributed by atoms with van der Waals surface area (Å²) in [5, 5.41) is 9.42. The van der Waals surface area contributed by atoms with E-state index in [1.54, 1.807) is 0 Å². The predicted octanol–water partition coefficient (Wildman–Crippen LogP) is 5.67. The van der Waals surface area contributed by atoms with Crippen LogP contribution < -0.4 is 14.2 Å². The normalized spacial score (nSPS) is 11.9. The number of carboxylic acid groups (broad SMARTS) is 1. The van der Waals surface area contributed by atoms with E-state index in [-0.39, 0.29) is 17.9 Å². The van der Waals surface area contributed by atoms with Crippen molar-refractivity contribution in [2.45, 2.75) is 25.9 Å². The Labute approximate surface area is 160 Å². The molecule has 0 heterocycles. The van der Waals surface area contributed by atoms with E-state index in [0.29, 0.717) is 6.07 Å². The lowest BCUT2D eigenvalue weighted by molar-refractivity contribution is -0.274. The van der Waals surface area contributed by atoms with Crippen molar-refractivity contribution in [3.63, 3.8) is 0 Å². The Bertz CT molecular complexity index is 905. The van der Waals surface area contributed by atoms with Crippen LogP contribution in [0.2, 0.25) is 0 Å². The third kappa shape index (κ3) is 5.24. The van der Waals surface area contributed by atoms with Crippen molar-refractivity contribution >= 4 is 5.97 Å². The lowest BCUT2D eigenvalue weighted by Gasteiger charge is -2.18. The summed E-state index contributed by atoms with van der Waals surface area (Å²) in [4.78, 5) is 11.6. The van der Waals surface area contributed by atoms with Gasteiger partial charge < -0.3 is 19.3 Å². The summed E-state index contributed by atoms with van der Waals surface area (Å²) >= 11 is 0. The molecule has 0 saturated carbocycles. The molecule has 0 spiro atoms. The first-order valence-corrected chi connectivity index (χ1v) is 7.95. The van der Waals surface area contributed by atoms with E-state index in [0.717, 1.165) is 31.4 Å². The summed E-state index contributed by atoms with van der Waals surface area (Å²) in [5.41, 5.74) is -2.32. The van der Waals surface area contributed by atoms with Crippen molar-refractivity contribution in [1.29, 1.82) is 0 Å². The van der Waals surface area contributed by atoms with Gasteiger partial charge in [-0.1, -0.05) is 6.92 Å². The molecule has 1 N–H and O–H groups in total. The van der Waals surface area contributed by atoms with Gasteiger partial charge in [0.15, 0.2) is 11.5 Å². The monoisotopic (exact) mass is 424 g/mol. The second kappa shape index (κ2) is 8.10. The molecule has 0 atom stereocenters. The first kappa shape index (κ1) is 22.2. The molecule has 11 heteroatoms. The van der Waals surface area contributed by atoms with Gasteiger partial charge in [0.25, 0.3) is 0 Å². The molecule has 5 nitrogen and oxygen atoms in total. The van der Waals surface area contributed by atoms with Gasteiger partial charge in [0.1, 0.15) is 17.1 Å². The van der Waals surface area contributed by atoms with Crippen molar-refractivity contribution in [1.82, 2.24) is 0 Å². The van der Waals surface area contributed by atoms with Crippen molar-refractivity contribution in [3.05, 3.63) is 47.0 Å². The molecule has 29 heavy (non-hydrogen) atoms. The van der Waals surface area contributed by atoms with Crippen molar-refractivity contribution in [2.24, 2.45) is 0 Å². The molecule has 0 amide bonds. The number of benzene rings is 2. The van der Waals surface area contributed by atoms with Gasteiger partial charge in [-0.3, -0.25) is 0 Å². The fourth-order valence-electron chi connectivity index (χ4n) is 2.63. The van der Waals surface area contributed by atoms with Crippen LogP contribution >= 0.6 is 0 Å². The van der Waals surface area contributed by atoms with Gasteiger partial charge in [-0.2, -0.15) is 13.2 Å². The van der Waals surface area contributed by atoms with Crippen LogP contribution in [0.4, 0.5) is 26.3 Å². The molecule has 0 radical (unpaired) electrons. The van der Waals surface area contributed by atoms with E-state index >= 15 is 0 Å². The molecule has 0 bridgehead atoms. The van der Waals surface area contributed by atoms with Crippen LogP contribution in [0.1, 0.15) is 28.4 Å². The zero-order valence-electron chi connectivity index (χ0n) is 14.9. The highest BCUT2D eigenvalue weighted by molar-refractivity contribution is 5.93. The smallest absolute Gasteiger partial charge is 0.493 e. The molecule has 0 saturated heterocycles. The minimum atomic E-state index is -4.95. The molecular formula is C18H14F6O5. The van der Waals surface area contributed by atoms with E-state index < -0.39 is 46.7 Å². The first-order chi connectivity index (χ1) is 13.4. The largest absolute Gasteiger partial charge is 0.573 e. The predicted molar refractivity (Wildman–Crippen MR) is 87.5 cm³/mol. The summed E-state index contributed by atoms with van der Waals surface area (Å²) in [7, 11) is 1.11. The van der Waals surface area contributed by atoms with Gasteiger partial charge in [0.2, 0.25) is 0 Å². The molecule has 0 aliphatic rings. The molecule has 0 unspecified atom stereocenters. The fraction of sp³-hybridized carbons (Fsp3) is 0.278. The zero-order chi connectivity index (χ0) is 22.0. The SMILES string of the molecule is CCc1c(C(F)(F)F)ccc(Oc2ccc(OC(F)(F)F)cc2OC)c1C(=O)O. The third-order valence-electron chi connectivity index (χ3n) is 3.74. The van der Waals surface area contributed by atoms with E-state index in [2.05, 4.69) is 4.74 Å². The van der Waals surface area contributed by atoms with Crippen molar-refractivity contribution < 1.29 is 50.5 Å². The quantitative estimate of drug-likeness (QED) is 0.606. The first-order valence-electron chi connectivity index (χ1n) is 7.95. The Morgan fingerprint density at radius 1 is 1.00 bits per heavy atom. The van der Waals surface area contributed by atoms with Crippen LogP contribution in [-0.2, 0) is 12.6 Å².